The summed E-state index contributed by atoms with van der Waals surface area (Å²) in [6.45, 7) is 5.28. The van der Waals surface area contributed by atoms with Crippen LogP contribution in [0.15, 0.2) is 5.38 Å². The minimum atomic E-state index is 0.760. The molecule has 1 saturated carbocycles. The van der Waals surface area contributed by atoms with E-state index in [0.717, 1.165) is 42.6 Å². The van der Waals surface area contributed by atoms with E-state index in [0.29, 0.717) is 0 Å². The Balaban J connectivity index is 1.71. The molecule has 108 valence electrons. The molecule has 0 atom stereocenters. The molecule has 2 aromatic heterocycles. The molecule has 0 aliphatic heterocycles. The van der Waals surface area contributed by atoms with Gasteiger partial charge in [-0.1, -0.05) is 13.3 Å². The van der Waals surface area contributed by atoms with Crippen LogP contribution in [0.2, 0.25) is 0 Å². The highest BCUT2D eigenvalue weighted by Crippen LogP contribution is 2.25. The fourth-order valence-corrected chi connectivity index (χ4v) is 3.95. The highest BCUT2D eigenvalue weighted by molar-refractivity contribution is 7.11. The van der Waals surface area contributed by atoms with Crippen molar-refractivity contribution in [2.45, 2.75) is 58.5 Å². The monoisotopic (exact) mass is 307 g/mol. The van der Waals surface area contributed by atoms with E-state index < -0.39 is 0 Å². The molecule has 5 heteroatoms. The SMILES string of the molecule is CCCc1nc(Cc2csc(C)n2)sc1CNC1CC1. The van der Waals surface area contributed by atoms with Crippen LogP contribution >= 0.6 is 22.7 Å². The van der Waals surface area contributed by atoms with E-state index >= 15 is 0 Å². The van der Waals surface area contributed by atoms with Crippen molar-refractivity contribution in [3.05, 3.63) is 31.7 Å². The molecule has 2 heterocycles. The molecule has 1 aliphatic carbocycles. The Bertz CT molecular complexity index is 569. The zero-order valence-electron chi connectivity index (χ0n) is 12.1. The number of nitrogens with zero attached hydrogens (tertiary/aromatic N) is 2. The van der Waals surface area contributed by atoms with Gasteiger partial charge in [-0.05, 0) is 26.2 Å². The summed E-state index contributed by atoms with van der Waals surface area (Å²) in [5.74, 6) is 0. The van der Waals surface area contributed by atoms with Crippen molar-refractivity contribution >= 4 is 22.7 Å². The Hall–Kier alpha value is -0.780. The molecule has 20 heavy (non-hydrogen) atoms. The summed E-state index contributed by atoms with van der Waals surface area (Å²) in [6.07, 6.45) is 5.82. The van der Waals surface area contributed by atoms with Crippen molar-refractivity contribution in [2.75, 3.05) is 0 Å². The minimum Gasteiger partial charge on any atom is -0.309 e. The third-order valence-corrected chi connectivity index (χ3v) is 5.36. The largest absolute Gasteiger partial charge is 0.309 e. The van der Waals surface area contributed by atoms with Crippen molar-refractivity contribution in [3.63, 3.8) is 0 Å². The molecule has 0 amide bonds. The first-order valence-electron chi connectivity index (χ1n) is 7.36. The molecule has 0 unspecified atom stereocenters. The number of hydrogen-bond donors (Lipinski definition) is 1. The van der Waals surface area contributed by atoms with Crippen molar-refractivity contribution < 1.29 is 0 Å². The standard InChI is InChI=1S/C15H21N3S2/c1-3-4-13-14(8-16-11-5-6-11)20-15(18-13)7-12-9-19-10(2)17-12/h9,11,16H,3-8H2,1-2H3. The summed E-state index contributed by atoms with van der Waals surface area (Å²) in [5.41, 5.74) is 2.46. The summed E-state index contributed by atoms with van der Waals surface area (Å²) >= 11 is 3.59. The van der Waals surface area contributed by atoms with Crippen LogP contribution in [0.25, 0.3) is 0 Å². The fraction of sp³-hybridized carbons (Fsp3) is 0.600. The Kier molecular flexibility index (Phi) is 4.48. The lowest BCUT2D eigenvalue weighted by Gasteiger charge is -2.01. The van der Waals surface area contributed by atoms with Gasteiger partial charge in [0.25, 0.3) is 0 Å². The van der Waals surface area contributed by atoms with Crippen LogP contribution in [-0.2, 0) is 19.4 Å². The van der Waals surface area contributed by atoms with Gasteiger partial charge in [-0.25, -0.2) is 9.97 Å². The first kappa shape index (κ1) is 14.2. The molecule has 1 fully saturated rings. The van der Waals surface area contributed by atoms with Crippen molar-refractivity contribution in [2.24, 2.45) is 0 Å². The Labute approximate surface area is 128 Å². The summed E-state index contributed by atoms with van der Waals surface area (Å²) in [6, 6.07) is 0.760. The second-order valence-corrected chi connectivity index (χ2v) is 7.65. The molecule has 0 radical (unpaired) electrons. The van der Waals surface area contributed by atoms with Gasteiger partial charge in [0, 0.05) is 29.3 Å². The minimum absolute atomic E-state index is 0.760. The van der Waals surface area contributed by atoms with E-state index in [9.17, 15) is 0 Å². The zero-order valence-corrected chi connectivity index (χ0v) is 13.7. The average Bonchev–Trinajstić information content (AvgIpc) is 3.05. The first-order chi connectivity index (χ1) is 9.74. The molecule has 0 bridgehead atoms. The maximum atomic E-state index is 4.85. The van der Waals surface area contributed by atoms with E-state index in [2.05, 4.69) is 29.5 Å². The molecule has 1 N–H and O–H groups in total. The van der Waals surface area contributed by atoms with Crippen molar-refractivity contribution in [1.29, 1.82) is 0 Å². The molecular formula is C15H21N3S2. The maximum Gasteiger partial charge on any atom is 0.0991 e. The third-order valence-electron chi connectivity index (χ3n) is 3.44. The number of hydrogen-bond acceptors (Lipinski definition) is 5. The number of thiazole rings is 2. The Morgan fingerprint density at radius 1 is 1.35 bits per heavy atom. The summed E-state index contributed by atoms with van der Waals surface area (Å²) < 4.78 is 0. The van der Waals surface area contributed by atoms with E-state index in [1.54, 1.807) is 11.3 Å². The van der Waals surface area contributed by atoms with Gasteiger partial charge in [0.1, 0.15) is 0 Å². The molecule has 0 saturated heterocycles. The molecule has 0 spiro atoms. The normalized spacial score (nSPS) is 14.9. The van der Waals surface area contributed by atoms with Crippen LogP contribution in [0.1, 0.15) is 52.5 Å². The molecular weight excluding hydrogens is 286 g/mol. The summed E-state index contributed by atoms with van der Waals surface area (Å²) in [7, 11) is 0. The van der Waals surface area contributed by atoms with Crippen LogP contribution in [-0.4, -0.2) is 16.0 Å². The first-order valence-corrected chi connectivity index (χ1v) is 9.06. The highest BCUT2D eigenvalue weighted by atomic mass is 32.1. The maximum absolute atomic E-state index is 4.85. The molecule has 0 aromatic carbocycles. The average molecular weight is 307 g/mol. The van der Waals surface area contributed by atoms with Gasteiger partial charge in [0.15, 0.2) is 0 Å². The van der Waals surface area contributed by atoms with Crippen LogP contribution < -0.4 is 5.32 Å². The van der Waals surface area contributed by atoms with Gasteiger partial charge in [-0.15, -0.1) is 22.7 Å². The van der Waals surface area contributed by atoms with Gasteiger partial charge in [-0.2, -0.15) is 0 Å². The number of rotatable bonds is 7. The van der Waals surface area contributed by atoms with Crippen molar-refractivity contribution in [3.8, 4) is 0 Å². The second-order valence-electron chi connectivity index (χ2n) is 5.42. The topological polar surface area (TPSA) is 37.8 Å². The Morgan fingerprint density at radius 3 is 2.85 bits per heavy atom. The quantitative estimate of drug-likeness (QED) is 0.847. The number of aryl methyl sites for hydroxylation is 2. The van der Waals surface area contributed by atoms with E-state index in [1.165, 1.54) is 28.4 Å². The molecule has 3 rings (SSSR count). The molecule has 1 aliphatic rings. The highest BCUT2D eigenvalue weighted by Gasteiger charge is 2.21. The van der Waals surface area contributed by atoms with Crippen LogP contribution in [0, 0.1) is 6.92 Å². The predicted molar refractivity (Wildman–Crippen MR) is 85.6 cm³/mol. The summed E-state index contributed by atoms with van der Waals surface area (Å²) in [4.78, 5) is 10.8. The summed E-state index contributed by atoms with van der Waals surface area (Å²) in [5, 5.41) is 8.11. The Morgan fingerprint density at radius 2 is 2.20 bits per heavy atom. The van der Waals surface area contributed by atoms with E-state index in [-0.39, 0.29) is 0 Å². The van der Waals surface area contributed by atoms with E-state index in [4.69, 9.17) is 4.98 Å². The number of aromatic nitrogens is 2. The van der Waals surface area contributed by atoms with Gasteiger partial charge in [0.05, 0.1) is 21.4 Å². The lowest BCUT2D eigenvalue weighted by atomic mass is 10.2. The third kappa shape index (κ3) is 3.65. The van der Waals surface area contributed by atoms with Gasteiger partial charge < -0.3 is 5.32 Å². The van der Waals surface area contributed by atoms with E-state index in [1.807, 2.05) is 11.3 Å². The van der Waals surface area contributed by atoms with Crippen LogP contribution in [0.3, 0.4) is 0 Å². The lowest BCUT2D eigenvalue weighted by Crippen LogP contribution is -2.15. The zero-order chi connectivity index (χ0) is 13.9. The predicted octanol–water partition coefficient (Wildman–Crippen LogP) is 3.70. The van der Waals surface area contributed by atoms with Gasteiger partial charge >= 0.3 is 0 Å². The smallest absolute Gasteiger partial charge is 0.0991 e. The van der Waals surface area contributed by atoms with Crippen molar-refractivity contribution in [1.82, 2.24) is 15.3 Å². The van der Waals surface area contributed by atoms with Crippen LogP contribution in [0.4, 0.5) is 0 Å². The molecule has 3 nitrogen and oxygen atoms in total. The second kappa shape index (κ2) is 6.33. The lowest BCUT2D eigenvalue weighted by molar-refractivity contribution is 0.686. The van der Waals surface area contributed by atoms with Gasteiger partial charge in [-0.3, -0.25) is 0 Å². The number of nitrogens with one attached hydrogen (secondary N) is 1. The van der Waals surface area contributed by atoms with Crippen LogP contribution in [0.5, 0.6) is 0 Å². The van der Waals surface area contributed by atoms with Gasteiger partial charge in [0.2, 0.25) is 0 Å². The fourth-order valence-electron chi connectivity index (χ4n) is 2.25. The molecule has 2 aromatic rings.